The van der Waals surface area contributed by atoms with E-state index in [2.05, 4.69) is 31.9 Å². The quantitative estimate of drug-likeness (QED) is 0.419. The van der Waals surface area contributed by atoms with Crippen molar-refractivity contribution in [3.8, 4) is 0 Å². The van der Waals surface area contributed by atoms with Crippen LogP contribution in [0.15, 0.2) is 30.6 Å². The number of likely N-dealkylation sites (tertiary alicyclic amines) is 1. The number of amides is 2. The largest absolute Gasteiger partial charge is 0.338 e. The molecule has 2 bridgehead atoms. The van der Waals surface area contributed by atoms with E-state index < -0.39 is 0 Å². The number of carbonyl (C=O) groups is 2. The molecule has 7 nitrogen and oxygen atoms in total. The Hall–Kier alpha value is -2.28. The van der Waals surface area contributed by atoms with E-state index in [1.807, 2.05) is 6.07 Å². The molecule has 7 heteroatoms. The van der Waals surface area contributed by atoms with E-state index >= 15 is 0 Å². The summed E-state index contributed by atoms with van der Waals surface area (Å²) in [6.45, 7) is 5.47. The standard InChI is InChI=1S/C21H27N5O2/c27-19-17-15-4-5-16(14-15)18(17)20(28)26(19)9-2-1-8-24-10-12-25(13-11-24)21-22-6-3-7-23-21/h3-7,15-18H,1-2,8-14H2/t15-,16+,17-,18+. The Bertz CT molecular complexity index is 744. The van der Waals surface area contributed by atoms with Gasteiger partial charge in [-0.25, -0.2) is 9.97 Å². The molecule has 4 aliphatic rings. The number of nitrogens with zero attached hydrogens (tertiary/aromatic N) is 5. The zero-order valence-electron chi connectivity index (χ0n) is 16.1. The number of rotatable bonds is 6. The van der Waals surface area contributed by atoms with Crippen LogP contribution in [-0.4, -0.2) is 70.9 Å². The number of allylic oxidation sites excluding steroid dienone is 2. The number of piperazine rings is 1. The molecule has 1 aromatic heterocycles. The molecule has 2 aliphatic heterocycles. The summed E-state index contributed by atoms with van der Waals surface area (Å²) < 4.78 is 0. The molecule has 0 radical (unpaired) electrons. The average Bonchev–Trinajstić information content (AvgIpc) is 3.41. The summed E-state index contributed by atoms with van der Waals surface area (Å²) in [6, 6.07) is 1.84. The first-order valence-electron chi connectivity index (χ1n) is 10.5. The molecule has 3 fully saturated rings. The highest BCUT2D eigenvalue weighted by molar-refractivity contribution is 6.06. The van der Waals surface area contributed by atoms with Crippen molar-refractivity contribution in [3.63, 3.8) is 0 Å². The van der Waals surface area contributed by atoms with Crippen molar-refractivity contribution < 1.29 is 9.59 Å². The van der Waals surface area contributed by atoms with E-state index in [4.69, 9.17) is 0 Å². The molecule has 1 aromatic rings. The van der Waals surface area contributed by atoms with Gasteiger partial charge < -0.3 is 4.90 Å². The highest BCUT2D eigenvalue weighted by Gasteiger charge is 2.58. The molecule has 0 N–H and O–H groups in total. The van der Waals surface area contributed by atoms with Gasteiger partial charge >= 0.3 is 0 Å². The number of aromatic nitrogens is 2. The number of fused-ring (bicyclic) bond motifs is 5. The maximum absolute atomic E-state index is 12.7. The molecule has 28 heavy (non-hydrogen) atoms. The van der Waals surface area contributed by atoms with Crippen LogP contribution in [0.5, 0.6) is 0 Å². The topological polar surface area (TPSA) is 69.6 Å². The zero-order chi connectivity index (χ0) is 19.1. The van der Waals surface area contributed by atoms with E-state index in [-0.39, 0.29) is 23.7 Å². The van der Waals surface area contributed by atoms with Crippen molar-refractivity contribution in [1.29, 1.82) is 0 Å². The van der Waals surface area contributed by atoms with Gasteiger partial charge in [0.15, 0.2) is 0 Å². The van der Waals surface area contributed by atoms with Crippen LogP contribution in [0, 0.1) is 23.7 Å². The molecule has 0 aromatic carbocycles. The van der Waals surface area contributed by atoms with Gasteiger partial charge in [-0.1, -0.05) is 12.2 Å². The van der Waals surface area contributed by atoms with Crippen LogP contribution in [0.4, 0.5) is 5.95 Å². The van der Waals surface area contributed by atoms with Crippen LogP contribution in [-0.2, 0) is 9.59 Å². The Morgan fingerprint density at radius 3 is 2.11 bits per heavy atom. The van der Waals surface area contributed by atoms with Crippen molar-refractivity contribution in [2.45, 2.75) is 19.3 Å². The van der Waals surface area contributed by atoms with Crippen molar-refractivity contribution in [3.05, 3.63) is 30.6 Å². The zero-order valence-corrected chi connectivity index (χ0v) is 16.1. The fraction of sp³-hybridized carbons (Fsp3) is 0.619. The monoisotopic (exact) mass is 381 g/mol. The Labute approximate surface area is 165 Å². The third-order valence-corrected chi connectivity index (χ3v) is 6.87. The number of carbonyl (C=O) groups excluding carboxylic acids is 2. The lowest BCUT2D eigenvalue weighted by atomic mass is 9.85. The molecular formula is C21H27N5O2. The second-order valence-corrected chi connectivity index (χ2v) is 8.41. The molecule has 3 heterocycles. The van der Waals surface area contributed by atoms with Crippen molar-refractivity contribution >= 4 is 17.8 Å². The van der Waals surface area contributed by atoms with Gasteiger partial charge in [-0.15, -0.1) is 0 Å². The van der Waals surface area contributed by atoms with Gasteiger partial charge in [0.1, 0.15) is 0 Å². The molecule has 0 spiro atoms. The number of hydrogen-bond acceptors (Lipinski definition) is 6. The second kappa shape index (κ2) is 7.28. The molecule has 2 saturated heterocycles. The Balaban J connectivity index is 1.05. The Kier molecular flexibility index (Phi) is 4.62. The van der Waals surface area contributed by atoms with Crippen LogP contribution in [0.3, 0.4) is 0 Å². The van der Waals surface area contributed by atoms with E-state index in [9.17, 15) is 9.59 Å². The molecule has 1 saturated carbocycles. The molecule has 0 unspecified atom stereocenters. The fourth-order valence-corrected chi connectivity index (χ4v) is 5.42. The average molecular weight is 381 g/mol. The highest BCUT2D eigenvalue weighted by Crippen LogP contribution is 2.52. The van der Waals surface area contributed by atoms with Crippen molar-refractivity contribution in [2.75, 3.05) is 44.2 Å². The second-order valence-electron chi connectivity index (χ2n) is 8.41. The van der Waals surface area contributed by atoms with Crippen LogP contribution in [0.25, 0.3) is 0 Å². The third kappa shape index (κ3) is 3.02. The number of hydrogen-bond donors (Lipinski definition) is 0. The van der Waals surface area contributed by atoms with Crippen LogP contribution in [0.1, 0.15) is 19.3 Å². The van der Waals surface area contributed by atoms with E-state index in [0.29, 0.717) is 18.4 Å². The molecule has 148 valence electrons. The number of unbranched alkanes of at least 4 members (excludes halogenated alkanes) is 1. The van der Waals surface area contributed by atoms with Crippen molar-refractivity contribution in [1.82, 2.24) is 19.8 Å². The minimum absolute atomic E-state index is 0.0595. The normalized spacial score (nSPS) is 31.9. The van der Waals surface area contributed by atoms with E-state index in [1.165, 1.54) is 0 Å². The number of imide groups is 1. The minimum atomic E-state index is -0.0595. The maximum atomic E-state index is 12.7. The highest BCUT2D eigenvalue weighted by atomic mass is 16.2. The molecular weight excluding hydrogens is 354 g/mol. The lowest BCUT2D eigenvalue weighted by Crippen LogP contribution is -2.47. The van der Waals surface area contributed by atoms with Gasteiger partial charge in [-0.2, -0.15) is 0 Å². The van der Waals surface area contributed by atoms with Gasteiger partial charge in [0, 0.05) is 45.1 Å². The van der Waals surface area contributed by atoms with Crippen LogP contribution in [0.2, 0.25) is 0 Å². The summed E-state index contributed by atoms with van der Waals surface area (Å²) in [6.07, 6.45) is 10.8. The summed E-state index contributed by atoms with van der Waals surface area (Å²) in [4.78, 5) is 40.3. The van der Waals surface area contributed by atoms with Gasteiger partial charge in [-0.3, -0.25) is 19.4 Å². The van der Waals surface area contributed by atoms with Gasteiger partial charge in [0.2, 0.25) is 17.8 Å². The molecule has 2 aliphatic carbocycles. The van der Waals surface area contributed by atoms with E-state index in [0.717, 1.165) is 57.9 Å². The lowest BCUT2D eigenvalue weighted by Gasteiger charge is -2.34. The third-order valence-electron chi connectivity index (χ3n) is 6.87. The van der Waals surface area contributed by atoms with Crippen LogP contribution < -0.4 is 4.90 Å². The minimum Gasteiger partial charge on any atom is -0.338 e. The summed E-state index contributed by atoms with van der Waals surface area (Å²) in [5.41, 5.74) is 0. The first kappa shape index (κ1) is 17.8. The summed E-state index contributed by atoms with van der Waals surface area (Å²) in [5.74, 6) is 1.48. The van der Waals surface area contributed by atoms with Crippen molar-refractivity contribution in [2.24, 2.45) is 23.7 Å². The maximum Gasteiger partial charge on any atom is 0.233 e. The summed E-state index contributed by atoms with van der Waals surface area (Å²) in [7, 11) is 0. The lowest BCUT2D eigenvalue weighted by molar-refractivity contribution is -0.140. The fourth-order valence-electron chi connectivity index (χ4n) is 5.42. The van der Waals surface area contributed by atoms with E-state index in [1.54, 1.807) is 17.3 Å². The van der Waals surface area contributed by atoms with Gasteiger partial charge in [0.25, 0.3) is 0 Å². The first-order valence-corrected chi connectivity index (χ1v) is 10.5. The number of anilines is 1. The molecule has 2 amide bonds. The first-order chi connectivity index (χ1) is 13.7. The van der Waals surface area contributed by atoms with Gasteiger partial charge in [-0.05, 0) is 43.7 Å². The summed E-state index contributed by atoms with van der Waals surface area (Å²) in [5, 5.41) is 0. The Morgan fingerprint density at radius 2 is 1.46 bits per heavy atom. The molecule has 4 atom stereocenters. The van der Waals surface area contributed by atoms with Gasteiger partial charge in [0.05, 0.1) is 11.8 Å². The molecule has 5 rings (SSSR count). The predicted molar refractivity (Wildman–Crippen MR) is 104 cm³/mol. The SMILES string of the molecule is O=C1[C@@H]2[C@H](C(=O)N1CCCCN1CCN(c3ncccn3)CC1)[C@@H]1C=C[C@H]2C1. The summed E-state index contributed by atoms with van der Waals surface area (Å²) >= 11 is 0. The predicted octanol–water partition coefficient (Wildman–Crippen LogP) is 1.19. The van der Waals surface area contributed by atoms with Crippen LogP contribution >= 0.6 is 0 Å². The Morgan fingerprint density at radius 1 is 0.857 bits per heavy atom. The smallest absolute Gasteiger partial charge is 0.233 e.